The number of hydrogen-bond donors (Lipinski definition) is 2. The average molecular weight is 333 g/mol. The molecule has 4 bridgehead atoms. The highest BCUT2D eigenvalue weighted by molar-refractivity contribution is 6.30. The van der Waals surface area contributed by atoms with E-state index in [0.29, 0.717) is 10.6 Å². The lowest BCUT2D eigenvalue weighted by Gasteiger charge is -2.55. The van der Waals surface area contributed by atoms with Crippen LogP contribution in [0.5, 0.6) is 5.75 Å². The number of hydrogen-bond acceptors (Lipinski definition) is 3. The van der Waals surface area contributed by atoms with Crippen molar-refractivity contribution in [1.29, 1.82) is 0 Å². The SMILES string of the molecule is O=C(N/N=C/c1cc(Cl)ccc1O)C12CC3CC(CC(C3)C1)C2. The van der Waals surface area contributed by atoms with Crippen molar-refractivity contribution in [3.05, 3.63) is 28.8 Å². The fourth-order valence-corrected chi connectivity index (χ4v) is 5.48. The summed E-state index contributed by atoms with van der Waals surface area (Å²) in [6.45, 7) is 0. The van der Waals surface area contributed by atoms with Gasteiger partial charge >= 0.3 is 0 Å². The Bertz CT molecular complexity index is 636. The number of amides is 1. The molecule has 0 heterocycles. The molecule has 0 radical (unpaired) electrons. The summed E-state index contributed by atoms with van der Waals surface area (Å²) in [6.07, 6.45) is 8.44. The molecular weight excluding hydrogens is 312 g/mol. The molecule has 0 atom stereocenters. The fraction of sp³-hybridized carbons (Fsp3) is 0.556. The normalized spacial score (nSPS) is 34.9. The maximum Gasteiger partial charge on any atom is 0.246 e. The molecule has 1 aromatic rings. The topological polar surface area (TPSA) is 61.7 Å². The second kappa shape index (κ2) is 5.52. The van der Waals surface area contributed by atoms with Crippen LogP contribution in [0.15, 0.2) is 23.3 Å². The van der Waals surface area contributed by atoms with E-state index in [1.165, 1.54) is 31.5 Å². The highest BCUT2D eigenvalue weighted by Gasteiger charge is 2.54. The number of phenolic OH excluding ortho intramolecular Hbond substituents is 1. The number of aromatic hydroxyl groups is 1. The molecule has 122 valence electrons. The van der Waals surface area contributed by atoms with Gasteiger partial charge in [0.15, 0.2) is 0 Å². The predicted molar refractivity (Wildman–Crippen MR) is 89.5 cm³/mol. The van der Waals surface area contributed by atoms with Crippen LogP contribution < -0.4 is 5.43 Å². The molecule has 23 heavy (non-hydrogen) atoms. The van der Waals surface area contributed by atoms with Crippen LogP contribution in [0.2, 0.25) is 5.02 Å². The Morgan fingerprint density at radius 1 is 1.22 bits per heavy atom. The second-order valence-corrected chi connectivity index (χ2v) is 8.04. The van der Waals surface area contributed by atoms with E-state index in [-0.39, 0.29) is 17.1 Å². The van der Waals surface area contributed by atoms with E-state index in [1.54, 1.807) is 12.1 Å². The van der Waals surface area contributed by atoms with Crippen molar-refractivity contribution < 1.29 is 9.90 Å². The van der Waals surface area contributed by atoms with Gasteiger partial charge in [-0.25, -0.2) is 5.43 Å². The van der Waals surface area contributed by atoms with Crippen LogP contribution in [0.1, 0.15) is 44.1 Å². The van der Waals surface area contributed by atoms with Gasteiger partial charge in [-0.1, -0.05) is 11.6 Å². The van der Waals surface area contributed by atoms with Gasteiger partial charge in [0.25, 0.3) is 0 Å². The number of nitrogens with zero attached hydrogens (tertiary/aromatic N) is 1. The first-order valence-electron chi connectivity index (χ1n) is 8.36. The van der Waals surface area contributed by atoms with Crippen molar-refractivity contribution in [3.8, 4) is 5.75 Å². The fourth-order valence-electron chi connectivity index (χ4n) is 5.30. The zero-order valence-electron chi connectivity index (χ0n) is 13.0. The van der Waals surface area contributed by atoms with Crippen LogP contribution in [0.4, 0.5) is 0 Å². The van der Waals surface area contributed by atoms with E-state index in [4.69, 9.17) is 11.6 Å². The summed E-state index contributed by atoms with van der Waals surface area (Å²) in [4.78, 5) is 12.7. The standard InChI is InChI=1S/C18H21ClN2O2/c19-15-1-2-16(22)14(6-15)10-20-21-17(23)18-7-11-3-12(8-18)5-13(4-11)9-18/h1-2,6,10-13,22H,3-5,7-9H2,(H,21,23)/b20-10+. The lowest BCUT2D eigenvalue weighted by molar-refractivity contribution is -0.146. The van der Waals surface area contributed by atoms with E-state index < -0.39 is 0 Å². The molecule has 4 aliphatic carbocycles. The van der Waals surface area contributed by atoms with Gasteiger partial charge in [-0.05, 0) is 74.5 Å². The van der Waals surface area contributed by atoms with Gasteiger partial charge in [-0.3, -0.25) is 4.79 Å². The van der Waals surface area contributed by atoms with Crippen molar-refractivity contribution in [2.75, 3.05) is 0 Å². The van der Waals surface area contributed by atoms with Crippen LogP contribution in [0.3, 0.4) is 0 Å². The molecule has 0 aromatic heterocycles. The number of hydrazone groups is 1. The van der Waals surface area contributed by atoms with Gasteiger partial charge in [0, 0.05) is 10.6 Å². The highest BCUT2D eigenvalue weighted by atomic mass is 35.5. The van der Waals surface area contributed by atoms with Gasteiger partial charge in [0.1, 0.15) is 5.75 Å². The van der Waals surface area contributed by atoms with Crippen LogP contribution in [0, 0.1) is 23.2 Å². The summed E-state index contributed by atoms with van der Waals surface area (Å²) in [5.41, 5.74) is 3.01. The Morgan fingerprint density at radius 3 is 2.43 bits per heavy atom. The third-order valence-electron chi connectivity index (χ3n) is 5.88. The first-order valence-corrected chi connectivity index (χ1v) is 8.74. The maximum atomic E-state index is 12.7. The van der Waals surface area contributed by atoms with E-state index in [1.807, 2.05) is 0 Å². The molecule has 5 heteroatoms. The van der Waals surface area contributed by atoms with E-state index >= 15 is 0 Å². The predicted octanol–water partition coefficient (Wildman–Crippen LogP) is 3.71. The zero-order valence-corrected chi connectivity index (χ0v) is 13.7. The first kappa shape index (κ1) is 15.0. The Morgan fingerprint density at radius 2 is 1.83 bits per heavy atom. The molecule has 0 unspecified atom stereocenters. The monoisotopic (exact) mass is 332 g/mol. The molecule has 4 aliphatic rings. The Kier molecular flexibility index (Phi) is 3.60. The third kappa shape index (κ3) is 2.74. The van der Waals surface area contributed by atoms with Crippen molar-refractivity contribution in [2.24, 2.45) is 28.3 Å². The molecule has 4 saturated carbocycles. The third-order valence-corrected chi connectivity index (χ3v) is 6.11. The van der Waals surface area contributed by atoms with Gasteiger partial charge in [0.2, 0.25) is 5.91 Å². The molecule has 0 aliphatic heterocycles. The van der Waals surface area contributed by atoms with Crippen molar-refractivity contribution in [2.45, 2.75) is 38.5 Å². The smallest absolute Gasteiger partial charge is 0.246 e. The minimum absolute atomic E-state index is 0.0503. The molecule has 1 aromatic carbocycles. The van der Waals surface area contributed by atoms with Crippen LogP contribution in [-0.2, 0) is 4.79 Å². The Hall–Kier alpha value is -1.55. The Labute approximate surface area is 140 Å². The number of benzene rings is 1. The van der Waals surface area contributed by atoms with E-state index in [2.05, 4.69) is 10.5 Å². The van der Waals surface area contributed by atoms with Crippen molar-refractivity contribution in [1.82, 2.24) is 5.43 Å². The molecule has 2 N–H and O–H groups in total. The van der Waals surface area contributed by atoms with E-state index in [9.17, 15) is 9.90 Å². The quantitative estimate of drug-likeness (QED) is 0.654. The Balaban J connectivity index is 1.46. The number of nitrogens with one attached hydrogen (secondary N) is 1. The summed E-state index contributed by atoms with van der Waals surface area (Å²) < 4.78 is 0. The second-order valence-electron chi connectivity index (χ2n) is 7.60. The number of rotatable bonds is 3. The summed E-state index contributed by atoms with van der Waals surface area (Å²) >= 11 is 5.91. The summed E-state index contributed by atoms with van der Waals surface area (Å²) in [5.74, 6) is 2.34. The summed E-state index contributed by atoms with van der Waals surface area (Å²) in [6, 6.07) is 4.75. The highest BCUT2D eigenvalue weighted by Crippen LogP contribution is 2.60. The number of carbonyl (C=O) groups excluding carboxylic acids is 1. The van der Waals surface area contributed by atoms with Crippen molar-refractivity contribution in [3.63, 3.8) is 0 Å². The molecule has 1 amide bonds. The molecule has 4 fully saturated rings. The number of phenols is 1. The van der Waals surface area contributed by atoms with Crippen LogP contribution in [0.25, 0.3) is 0 Å². The minimum atomic E-state index is -0.206. The van der Waals surface area contributed by atoms with Gasteiger partial charge < -0.3 is 5.11 Å². The van der Waals surface area contributed by atoms with E-state index in [0.717, 1.165) is 37.0 Å². The summed E-state index contributed by atoms with van der Waals surface area (Å²) in [7, 11) is 0. The van der Waals surface area contributed by atoms with Gasteiger partial charge in [-0.15, -0.1) is 0 Å². The molecule has 0 saturated heterocycles. The van der Waals surface area contributed by atoms with Crippen LogP contribution in [-0.4, -0.2) is 17.2 Å². The minimum Gasteiger partial charge on any atom is -0.507 e. The molecular formula is C18H21ClN2O2. The zero-order chi connectivity index (χ0) is 16.0. The van der Waals surface area contributed by atoms with Crippen molar-refractivity contribution >= 4 is 23.7 Å². The maximum absolute atomic E-state index is 12.7. The first-order chi connectivity index (χ1) is 11.0. The largest absolute Gasteiger partial charge is 0.507 e. The number of halogens is 1. The molecule has 5 rings (SSSR count). The number of carbonyl (C=O) groups is 1. The molecule has 0 spiro atoms. The van der Waals surface area contributed by atoms with Gasteiger partial charge in [-0.2, -0.15) is 5.10 Å². The van der Waals surface area contributed by atoms with Crippen LogP contribution >= 0.6 is 11.6 Å². The van der Waals surface area contributed by atoms with Gasteiger partial charge in [0.05, 0.1) is 11.6 Å². The lowest BCUT2D eigenvalue weighted by atomic mass is 9.49. The molecule has 4 nitrogen and oxygen atoms in total. The summed E-state index contributed by atoms with van der Waals surface area (Å²) in [5, 5.41) is 14.3. The lowest BCUT2D eigenvalue weighted by Crippen LogP contribution is -2.52. The average Bonchev–Trinajstić information content (AvgIpc) is 2.49.